The molecule has 0 aromatic heterocycles. The number of piperidine rings is 1. The number of hydrogen-bond donors (Lipinski definition) is 1. The number of likely N-dealkylation sites (tertiary alicyclic amines) is 1. The van der Waals surface area contributed by atoms with E-state index >= 15 is 0 Å². The highest BCUT2D eigenvalue weighted by Gasteiger charge is 2.42. The average Bonchev–Trinajstić information content (AvgIpc) is 2.95. The minimum atomic E-state index is -0.468. The van der Waals surface area contributed by atoms with Gasteiger partial charge in [0.2, 0.25) is 5.91 Å². The zero-order valence-electron chi connectivity index (χ0n) is 19.6. The second-order valence-electron chi connectivity index (χ2n) is 10.6. The Kier molecular flexibility index (Phi) is 6.28. The van der Waals surface area contributed by atoms with E-state index in [1.807, 2.05) is 36.6 Å². The van der Waals surface area contributed by atoms with Crippen LogP contribution in [0.2, 0.25) is 0 Å². The van der Waals surface area contributed by atoms with Crippen LogP contribution < -0.4 is 4.74 Å². The molecule has 2 heterocycles. The van der Waals surface area contributed by atoms with Gasteiger partial charge in [0.15, 0.2) is 0 Å². The van der Waals surface area contributed by atoms with Crippen LogP contribution >= 0.6 is 0 Å². The molecule has 2 fully saturated rings. The lowest BCUT2D eigenvalue weighted by molar-refractivity contribution is -0.138. The van der Waals surface area contributed by atoms with Crippen molar-refractivity contribution in [2.45, 2.75) is 71.4 Å². The van der Waals surface area contributed by atoms with E-state index in [-0.39, 0.29) is 29.1 Å². The maximum atomic E-state index is 13.3. The van der Waals surface area contributed by atoms with Gasteiger partial charge in [0.05, 0.1) is 6.54 Å². The first-order chi connectivity index (χ1) is 15.1. The van der Waals surface area contributed by atoms with Gasteiger partial charge < -0.3 is 24.4 Å². The standard InChI is InChI=1S/C25H36N2O5/c1-24(2,3)32-23(30)26-12-10-25(11-13-26)8-6-18(7-9-25)22(29)27-14-15-31-21-16-20(28)5-4-19(21)17-27/h4-5,16,18,28H,6-15,17H2,1-3H3. The molecule has 1 aliphatic carbocycles. The van der Waals surface area contributed by atoms with Crippen LogP contribution in [0.4, 0.5) is 4.79 Å². The number of nitrogens with zero attached hydrogens (tertiary/aromatic N) is 2. The van der Waals surface area contributed by atoms with E-state index in [9.17, 15) is 14.7 Å². The summed E-state index contributed by atoms with van der Waals surface area (Å²) < 4.78 is 11.3. The van der Waals surface area contributed by atoms with Gasteiger partial charge in [0.1, 0.15) is 23.7 Å². The van der Waals surface area contributed by atoms with Crippen LogP contribution in [0.15, 0.2) is 18.2 Å². The van der Waals surface area contributed by atoms with Crippen LogP contribution in [0.3, 0.4) is 0 Å². The van der Waals surface area contributed by atoms with Crippen molar-refractivity contribution in [1.29, 1.82) is 0 Å². The van der Waals surface area contributed by atoms with Crippen molar-refractivity contribution in [2.24, 2.45) is 11.3 Å². The molecule has 0 radical (unpaired) electrons. The maximum absolute atomic E-state index is 13.3. The topological polar surface area (TPSA) is 79.3 Å². The summed E-state index contributed by atoms with van der Waals surface area (Å²) in [7, 11) is 0. The number of rotatable bonds is 1. The van der Waals surface area contributed by atoms with Crippen molar-refractivity contribution < 1.29 is 24.2 Å². The van der Waals surface area contributed by atoms with Gasteiger partial charge in [-0.25, -0.2) is 4.79 Å². The van der Waals surface area contributed by atoms with Gasteiger partial charge >= 0.3 is 6.09 Å². The van der Waals surface area contributed by atoms with Crippen LogP contribution in [0, 0.1) is 11.3 Å². The van der Waals surface area contributed by atoms with Gasteiger partial charge in [0.25, 0.3) is 0 Å². The van der Waals surface area contributed by atoms with Crippen LogP contribution in [0.5, 0.6) is 11.5 Å². The average molecular weight is 445 g/mol. The van der Waals surface area contributed by atoms with Crippen molar-refractivity contribution >= 4 is 12.0 Å². The third-order valence-corrected chi connectivity index (χ3v) is 7.21. The first-order valence-corrected chi connectivity index (χ1v) is 11.9. The van der Waals surface area contributed by atoms with E-state index in [0.717, 1.165) is 57.2 Å². The maximum Gasteiger partial charge on any atom is 0.410 e. The monoisotopic (exact) mass is 444 g/mol. The molecule has 7 heteroatoms. The quantitative estimate of drug-likeness (QED) is 0.698. The molecule has 1 aromatic rings. The minimum Gasteiger partial charge on any atom is -0.508 e. The molecule has 1 saturated carbocycles. The van der Waals surface area contributed by atoms with E-state index < -0.39 is 5.60 Å². The number of amides is 2. The summed E-state index contributed by atoms with van der Waals surface area (Å²) in [5.74, 6) is 1.12. The second-order valence-corrected chi connectivity index (χ2v) is 10.6. The number of carbonyl (C=O) groups excluding carboxylic acids is 2. The Morgan fingerprint density at radius 2 is 1.75 bits per heavy atom. The number of phenols is 1. The highest BCUT2D eigenvalue weighted by Crippen LogP contribution is 2.47. The van der Waals surface area contributed by atoms with E-state index in [4.69, 9.17) is 9.47 Å². The molecule has 0 atom stereocenters. The van der Waals surface area contributed by atoms with Crippen LogP contribution in [0.25, 0.3) is 0 Å². The van der Waals surface area contributed by atoms with Crippen LogP contribution in [-0.4, -0.2) is 58.7 Å². The fourth-order valence-electron chi connectivity index (χ4n) is 5.27. The van der Waals surface area contributed by atoms with Gasteiger partial charge in [-0.05, 0) is 76.8 Å². The van der Waals surface area contributed by atoms with Crippen LogP contribution in [0.1, 0.15) is 64.9 Å². The van der Waals surface area contributed by atoms with Crippen molar-refractivity contribution in [3.8, 4) is 11.5 Å². The van der Waals surface area contributed by atoms with Crippen molar-refractivity contribution in [3.05, 3.63) is 23.8 Å². The third-order valence-electron chi connectivity index (χ3n) is 7.21. The summed E-state index contributed by atoms with van der Waals surface area (Å²) in [6.07, 6.45) is 5.66. The highest BCUT2D eigenvalue weighted by molar-refractivity contribution is 5.79. The highest BCUT2D eigenvalue weighted by atomic mass is 16.6. The zero-order chi connectivity index (χ0) is 22.9. The number of phenolic OH excluding ortho intramolecular Hbond substituents is 1. The van der Waals surface area contributed by atoms with Gasteiger partial charge in [0, 0.05) is 37.2 Å². The number of fused-ring (bicyclic) bond motifs is 1. The number of carbonyl (C=O) groups is 2. The molecule has 2 amide bonds. The number of hydrogen-bond acceptors (Lipinski definition) is 5. The summed E-state index contributed by atoms with van der Waals surface area (Å²) >= 11 is 0. The molecular weight excluding hydrogens is 408 g/mol. The molecule has 2 aliphatic heterocycles. The summed E-state index contributed by atoms with van der Waals surface area (Å²) in [5.41, 5.74) is 0.723. The Morgan fingerprint density at radius 1 is 1.06 bits per heavy atom. The summed E-state index contributed by atoms with van der Waals surface area (Å²) in [6, 6.07) is 5.10. The first-order valence-electron chi connectivity index (χ1n) is 11.9. The molecule has 1 aromatic carbocycles. The molecule has 0 bridgehead atoms. The molecule has 1 spiro atoms. The Balaban J connectivity index is 1.30. The van der Waals surface area contributed by atoms with E-state index in [0.29, 0.717) is 25.4 Å². The molecule has 7 nitrogen and oxygen atoms in total. The molecule has 3 aliphatic rings. The van der Waals surface area contributed by atoms with Gasteiger partial charge in [-0.1, -0.05) is 0 Å². The predicted molar refractivity (Wildman–Crippen MR) is 120 cm³/mol. The molecule has 4 rings (SSSR count). The predicted octanol–water partition coefficient (Wildman–Crippen LogP) is 4.32. The smallest absolute Gasteiger partial charge is 0.410 e. The SMILES string of the molecule is CC(C)(C)OC(=O)N1CCC2(CCC(C(=O)N3CCOc4cc(O)ccc4C3)CC2)CC1. The van der Waals surface area contributed by atoms with E-state index in [1.165, 1.54) is 0 Å². The Bertz CT molecular complexity index is 844. The van der Waals surface area contributed by atoms with E-state index in [1.54, 1.807) is 12.1 Å². The van der Waals surface area contributed by atoms with Crippen molar-refractivity contribution in [3.63, 3.8) is 0 Å². The fraction of sp³-hybridized carbons (Fsp3) is 0.680. The molecule has 0 unspecified atom stereocenters. The molecular formula is C25H36N2O5. The van der Waals surface area contributed by atoms with Crippen molar-refractivity contribution in [2.75, 3.05) is 26.2 Å². The fourth-order valence-corrected chi connectivity index (χ4v) is 5.27. The summed E-state index contributed by atoms with van der Waals surface area (Å²) in [4.78, 5) is 29.4. The normalized spacial score (nSPS) is 21.5. The summed E-state index contributed by atoms with van der Waals surface area (Å²) in [5, 5.41) is 9.69. The Morgan fingerprint density at radius 3 is 2.41 bits per heavy atom. The molecule has 1 saturated heterocycles. The first kappa shape index (κ1) is 22.7. The number of ether oxygens (including phenoxy) is 2. The van der Waals surface area contributed by atoms with Gasteiger partial charge in [-0.15, -0.1) is 0 Å². The third kappa shape index (κ3) is 5.13. The second kappa shape index (κ2) is 8.83. The minimum absolute atomic E-state index is 0.0585. The lowest BCUT2D eigenvalue weighted by atomic mass is 9.65. The number of aromatic hydroxyl groups is 1. The van der Waals surface area contributed by atoms with Crippen LogP contribution in [-0.2, 0) is 16.1 Å². The molecule has 1 N–H and O–H groups in total. The van der Waals surface area contributed by atoms with Crippen molar-refractivity contribution in [1.82, 2.24) is 9.80 Å². The van der Waals surface area contributed by atoms with E-state index in [2.05, 4.69) is 0 Å². The van der Waals surface area contributed by atoms with Gasteiger partial charge in [-0.3, -0.25) is 4.79 Å². The lowest BCUT2D eigenvalue weighted by Crippen LogP contribution is -2.47. The Hall–Kier alpha value is -2.44. The largest absolute Gasteiger partial charge is 0.508 e. The Labute approximate surface area is 190 Å². The number of benzene rings is 1. The molecule has 32 heavy (non-hydrogen) atoms. The zero-order valence-corrected chi connectivity index (χ0v) is 19.6. The summed E-state index contributed by atoms with van der Waals surface area (Å²) in [6.45, 7) is 8.71. The van der Waals surface area contributed by atoms with Gasteiger partial charge in [-0.2, -0.15) is 0 Å². The lowest BCUT2D eigenvalue weighted by Gasteiger charge is -2.46. The molecule has 176 valence electrons.